The van der Waals surface area contributed by atoms with Crippen molar-refractivity contribution in [1.29, 1.82) is 21.2 Å². The van der Waals surface area contributed by atoms with Crippen LogP contribution >= 0.6 is 11.3 Å². The number of hydrogen-bond acceptors (Lipinski definition) is 7. The number of nitriles is 3. The molecule has 1 aromatic rings. The van der Waals surface area contributed by atoms with Gasteiger partial charge in [-0.2, -0.15) is 15.8 Å². The van der Waals surface area contributed by atoms with Crippen LogP contribution in [0.2, 0.25) is 0 Å². The molecule has 3 heterocycles. The molecule has 116 valence electrons. The Morgan fingerprint density at radius 1 is 1.30 bits per heavy atom. The maximum absolute atomic E-state index is 9.94. The SMILES string of the molecule is CCC1C2(C)OC(=N)C1(C#N)C(C#N)(C#N)C(c1cccs1)O2. The molecule has 0 aliphatic carbocycles. The van der Waals surface area contributed by atoms with Crippen LogP contribution in [0.25, 0.3) is 0 Å². The van der Waals surface area contributed by atoms with Crippen molar-refractivity contribution in [2.45, 2.75) is 32.2 Å². The van der Waals surface area contributed by atoms with Crippen molar-refractivity contribution in [1.82, 2.24) is 0 Å². The van der Waals surface area contributed by atoms with Gasteiger partial charge in [0.05, 0.1) is 24.1 Å². The summed E-state index contributed by atoms with van der Waals surface area (Å²) in [7, 11) is 0. The minimum atomic E-state index is -1.83. The van der Waals surface area contributed by atoms with Gasteiger partial charge in [-0.25, -0.2) is 0 Å². The molecule has 6 nitrogen and oxygen atoms in total. The summed E-state index contributed by atoms with van der Waals surface area (Å²) >= 11 is 1.35. The predicted molar refractivity (Wildman–Crippen MR) is 80.8 cm³/mol. The summed E-state index contributed by atoms with van der Waals surface area (Å²) in [4.78, 5) is 0.673. The van der Waals surface area contributed by atoms with Gasteiger partial charge in [-0.3, -0.25) is 5.41 Å². The molecular weight excluding hydrogens is 312 g/mol. The van der Waals surface area contributed by atoms with E-state index in [2.05, 4.69) is 6.07 Å². The Morgan fingerprint density at radius 2 is 2.00 bits per heavy atom. The average molecular weight is 326 g/mol. The van der Waals surface area contributed by atoms with Gasteiger partial charge in [-0.05, 0) is 17.9 Å². The van der Waals surface area contributed by atoms with Crippen molar-refractivity contribution >= 4 is 17.2 Å². The van der Waals surface area contributed by atoms with E-state index in [9.17, 15) is 15.8 Å². The van der Waals surface area contributed by atoms with Gasteiger partial charge in [0.2, 0.25) is 17.1 Å². The fourth-order valence-corrected chi connectivity index (χ4v) is 4.74. The summed E-state index contributed by atoms with van der Waals surface area (Å²) < 4.78 is 11.7. The van der Waals surface area contributed by atoms with Crippen molar-refractivity contribution < 1.29 is 9.47 Å². The van der Waals surface area contributed by atoms with Crippen molar-refractivity contribution in [3.8, 4) is 18.2 Å². The molecule has 3 rings (SSSR count). The largest absolute Gasteiger partial charge is 0.448 e. The molecule has 0 spiro atoms. The molecule has 2 aliphatic rings. The Labute approximate surface area is 138 Å². The van der Waals surface area contributed by atoms with Crippen molar-refractivity contribution in [2.24, 2.45) is 16.7 Å². The van der Waals surface area contributed by atoms with Crippen LogP contribution in [-0.2, 0) is 9.47 Å². The lowest BCUT2D eigenvalue weighted by Gasteiger charge is -2.48. The van der Waals surface area contributed by atoms with Crippen LogP contribution < -0.4 is 0 Å². The van der Waals surface area contributed by atoms with E-state index in [4.69, 9.17) is 14.9 Å². The average Bonchev–Trinajstić information content (AvgIpc) is 3.12. The van der Waals surface area contributed by atoms with Crippen molar-refractivity contribution in [3.05, 3.63) is 22.4 Å². The molecule has 2 fully saturated rings. The second-order valence-corrected chi connectivity index (χ2v) is 6.85. The zero-order chi connectivity index (χ0) is 16.9. The van der Waals surface area contributed by atoms with E-state index >= 15 is 0 Å². The number of thiophene rings is 1. The molecule has 0 radical (unpaired) electrons. The quantitative estimate of drug-likeness (QED) is 0.896. The molecule has 0 saturated carbocycles. The third-order valence-electron chi connectivity index (χ3n) is 4.92. The minimum Gasteiger partial charge on any atom is -0.448 e. The van der Waals surface area contributed by atoms with Gasteiger partial charge < -0.3 is 9.47 Å². The molecule has 2 aliphatic heterocycles. The van der Waals surface area contributed by atoms with E-state index in [1.165, 1.54) is 11.3 Å². The highest BCUT2D eigenvalue weighted by Crippen LogP contribution is 2.67. The Hall–Kier alpha value is -2.40. The number of hydrogen-bond donors (Lipinski definition) is 1. The van der Waals surface area contributed by atoms with E-state index in [0.29, 0.717) is 11.3 Å². The first-order chi connectivity index (χ1) is 11.0. The maximum Gasteiger partial charge on any atom is 0.214 e. The molecule has 1 N–H and O–H groups in total. The molecule has 23 heavy (non-hydrogen) atoms. The highest BCUT2D eigenvalue weighted by Gasteiger charge is 2.79. The summed E-state index contributed by atoms with van der Waals surface area (Å²) in [6.07, 6.45) is -0.484. The van der Waals surface area contributed by atoms with Crippen LogP contribution in [0.5, 0.6) is 0 Å². The summed E-state index contributed by atoms with van der Waals surface area (Å²) in [6, 6.07) is 9.69. The van der Waals surface area contributed by atoms with Crippen LogP contribution in [0.15, 0.2) is 17.5 Å². The van der Waals surface area contributed by atoms with Crippen molar-refractivity contribution in [3.63, 3.8) is 0 Å². The third-order valence-corrected chi connectivity index (χ3v) is 5.84. The van der Waals surface area contributed by atoms with Gasteiger partial charge in [-0.1, -0.05) is 13.0 Å². The van der Waals surface area contributed by atoms with E-state index in [-0.39, 0.29) is 5.90 Å². The number of fused-ring (bicyclic) bond motifs is 2. The predicted octanol–water partition coefficient (Wildman–Crippen LogP) is 3.11. The second-order valence-electron chi connectivity index (χ2n) is 5.87. The lowest BCUT2D eigenvalue weighted by molar-refractivity contribution is -0.272. The summed E-state index contributed by atoms with van der Waals surface area (Å²) in [6.45, 7) is 3.51. The Morgan fingerprint density at radius 3 is 2.48 bits per heavy atom. The van der Waals surface area contributed by atoms with Crippen LogP contribution in [0.1, 0.15) is 31.2 Å². The first-order valence-corrected chi connectivity index (χ1v) is 8.06. The smallest absolute Gasteiger partial charge is 0.214 e. The Bertz CT molecular complexity index is 770. The number of rotatable bonds is 2. The van der Waals surface area contributed by atoms with Gasteiger partial charge >= 0.3 is 0 Å². The molecule has 7 heteroatoms. The monoisotopic (exact) mass is 326 g/mol. The van der Waals surface area contributed by atoms with Gasteiger partial charge in [0.1, 0.15) is 6.10 Å². The van der Waals surface area contributed by atoms with Crippen LogP contribution in [-0.4, -0.2) is 11.7 Å². The van der Waals surface area contributed by atoms with Gasteiger partial charge in [0, 0.05) is 11.8 Å². The first kappa shape index (κ1) is 15.5. The van der Waals surface area contributed by atoms with Crippen LogP contribution in [0.3, 0.4) is 0 Å². The van der Waals surface area contributed by atoms with Gasteiger partial charge in [0.15, 0.2) is 5.41 Å². The zero-order valence-electron chi connectivity index (χ0n) is 12.7. The Balaban J connectivity index is 2.35. The Kier molecular flexibility index (Phi) is 3.23. The molecule has 0 aromatic carbocycles. The molecule has 4 unspecified atom stereocenters. The molecule has 0 amide bonds. The zero-order valence-corrected chi connectivity index (χ0v) is 13.5. The van der Waals surface area contributed by atoms with Crippen LogP contribution in [0, 0.1) is 56.2 Å². The fourth-order valence-electron chi connectivity index (χ4n) is 3.92. The molecular formula is C16H14N4O2S. The summed E-state index contributed by atoms with van der Waals surface area (Å²) in [5, 5.41) is 39.8. The van der Waals surface area contributed by atoms with E-state index in [1.807, 2.05) is 24.4 Å². The highest BCUT2D eigenvalue weighted by molar-refractivity contribution is 7.10. The normalized spacial score (nSPS) is 37.3. The molecule has 2 saturated heterocycles. The minimum absolute atomic E-state index is 0.350. The summed E-state index contributed by atoms with van der Waals surface area (Å²) in [5.74, 6) is -2.12. The lowest BCUT2D eigenvalue weighted by atomic mass is 9.53. The highest BCUT2D eigenvalue weighted by atomic mass is 32.1. The second kappa shape index (κ2) is 4.80. The topological polar surface area (TPSA) is 114 Å². The molecule has 1 aromatic heterocycles. The van der Waals surface area contributed by atoms with E-state index < -0.39 is 28.6 Å². The van der Waals surface area contributed by atoms with Gasteiger partial charge in [0.25, 0.3) is 0 Å². The lowest BCUT2D eigenvalue weighted by Crippen LogP contribution is -2.58. The van der Waals surface area contributed by atoms with E-state index in [1.54, 1.807) is 19.1 Å². The summed E-state index contributed by atoms with van der Waals surface area (Å²) in [5.41, 5.74) is -3.48. The number of nitrogens with zero attached hydrogens (tertiary/aromatic N) is 3. The van der Waals surface area contributed by atoms with Crippen LogP contribution in [0.4, 0.5) is 0 Å². The maximum atomic E-state index is 9.94. The molecule has 4 atom stereocenters. The fraction of sp³-hybridized carbons (Fsp3) is 0.500. The van der Waals surface area contributed by atoms with Crippen molar-refractivity contribution in [2.75, 3.05) is 0 Å². The van der Waals surface area contributed by atoms with Gasteiger partial charge in [-0.15, -0.1) is 11.3 Å². The van der Waals surface area contributed by atoms with E-state index in [0.717, 1.165) is 0 Å². The third kappa shape index (κ3) is 1.55. The standard InChI is InChI=1S/C16H14N4O2S/c1-3-11-14(2)21-12(10-5-4-6-23-10)15(7-17,8-18)16(11,9-19)13(20)22-14/h4-6,11-12,20H,3H2,1-2H3. The number of ether oxygens (including phenoxy) is 2. The number of nitrogens with one attached hydrogen (secondary N) is 1. The molecule has 2 bridgehead atoms. The first-order valence-electron chi connectivity index (χ1n) is 7.18.